The molecule has 0 heterocycles. The summed E-state index contributed by atoms with van der Waals surface area (Å²) in [6.07, 6.45) is 0. The number of rotatable bonds is 5. The number of hydrogen-bond acceptors (Lipinski definition) is 3. The molecule has 1 N–H and O–H groups in total. The average Bonchev–Trinajstić information content (AvgIpc) is 2.49. The first kappa shape index (κ1) is 15.4. The third kappa shape index (κ3) is 4.53. The molecule has 0 bridgehead atoms. The van der Waals surface area contributed by atoms with Gasteiger partial charge in [0, 0.05) is 10.6 Å². The van der Waals surface area contributed by atoms with Crippen molar-refractivity contribution in [3.8, 4) is 5.75 Å². The van der Waals surface area contributed by atoms with Gasteiger partial charge >= 0.3 is 0 Å². The van der Waals surface area contributed by atoms with Gasteiger partial charge < -0.3 is 10.1 Å². The fraction of sp³-hybridized carbons (Fsp3) is 0.235. The Morgan fingerprint density at radius 3 is 2.52 bits per heavy atom. The van der Waals surface area contributed by atoms with Gasteiger partial charge in [0.1, 0.15) is 5.75 Å². The van der Waals surface area contributed by atoms with E-state index in [1.165, 1.54) is 11.1 Å². The Hall–Kier alpha value is -1.94. The zero-order chi connectivity index (χ0) is 15.2. The highest BCUT2D eigenvalue weighted by atomic mass is 32.2. The van der Waals surface area contributed by atoms with Gasteiger partial charge in [-0.05, 0) is 49.7 Å². The zero-order valence-corrected chi connectivity index (χ0v) is 13.3. The van der Waals surface area contributed by atoms with E-state index in [-0.39, 0.29) is 5.91 Å². The standard InChI is InChI=1S/C17H19NO2S/c1-12-4-5-13(2)16(10-12)21-11-17(19)18-14-6-8-15(20-3)9-7-14/h4-10H,11H2,1-3H3,(H,18,19). The molecule has 2 aromatic carbocycles. The summed E-state index contributed by atoms with van der Waals surface area (Å²) in [6.45, 7) is 4.12. The maximum absolute atomic E-state index is 12.0. The Labute approximate surface area is 129 Å². The lowest BCUT2D eigenvalue weighted by Crippen LogP contribution is -2.13. The number of nitrogens with one attached hydrogen (secondary N) is 1. The van der Waals surface area contributed by atoms with Crippen molar-refractivity contribution in [2.75, 3.05) is 18.2 Å². The van der Waals surface area contributed by atoms with Crippen molar-refractivity contribution in [2.24, 2.45) is 0 Å². The highest BCUT2D eigenvalue weighted by Gasteiger charge is 2.06. The number of anilines is 1. The summed E-state index contributed by atoms with van der Waals surface area (Å²) in [7, 11) is 1.62. The molecule has 3 nitrogen and oxygen atoms in total. The van der Waals surface area contributed by atoms with Crippen molar-refractivity contribution in [2.45, 2.75) is 18.7 Å². The number of aryl methyl sites for hydroxylation is 2. The minimum absolute atomic E-state index is 0.00827. The lowest BCUT2D eigenvalue weighted by Gasteiger charge is -2.08. The van der Waals surface area contributed by atoms with E-state index in [1.807, 2.05) is 24.3 Å². The van der Waals surface area contributed by atoms with Gasteiger partial charge in [0.25, 0.3) is 0 Å². The van der Waals surface area contributed by atoms with Gasteiger partial charge in [0.2, 0.25) is 5.91 Å². The second-order valence-electron chi connectivity index (χ2n) is 4.83. The molecule has 0 spiro atoms. The third-order valence-corrected chi connectivity index (χ3v) is 4.23. The molecule has 4 heteroatoms. The number of hydrogen-bond donors (Lipinski definition) is 1. The van der Waals surface area contributed by atoms with Crippen LogP contribution in [0.15, 0.2) is 47.4 Å². The molecule has 0 aliphatic carbocycles. The highest BCUT2D eigenvalue weighted by molar-refractivity contribution is 8.00. The van der Waals surface area contributed by atoms with Gasteiger partial charge in [-0.2, -0.15) is 0 Å². The molecule has 0 atom stereocenters. The number of methoxy groups -OCH3 is 1. The Balaban J connectivity index is 1.91. The monoisotopic (exact) mass is 301 g/mol. The molecule has 2 aromatic rings. The van der Waals surface area contributed by atoms with E-state index in [2.05, 4.69) is 37.4 Å². The van der Waals surface area contributed by atoms with Crippen molar-refractivity contribution >= 4 is 23.4 Å². The van der Waals surface area contributed by atoms with Gasteiger partial charge in [0.15, 0.2) is 0 Å². The molecule has 0 radical (unpaired) electrons. The highest BCUT2D eigenvalue weighted by Crippen LogP contribution is 2.24. The quantitative estimate of drug-likeness (QED) is 0.847. The summed E-state index contributed by atoms with van der Waals surface area (Å²) < 4.78 is 5.09. The van der Waals surface area contributed by atoms with Crippen LogP contribution in [-0.2, 0) is 4.79 Å². The number of thioether (sulfide) groups is 1. The third-order valence-electron chi connectivity index (χ3n) is 3.08. The van der Waals surface area contributed by atoms with Crippen LogP contribution in [0.3, 0.4) is 0 Å². The van der Waals surface area contributed by atoms with Crippen LogP contribution in [-0.4, -0.2) is 18.8 Å². The van der Waals surface area contributed by atoms with E-state index in [1.54, 1.807) is 18.9 Å². The summed E-state index contributed by atoms with van der Waals surface area (Å²) in [6, 6.07) is 13.6. The van der Waals surface area contributed by atoms with Crippen LogP contribution in [0, 0.1) is 13.8 Å². The summed E-state index contributed by atoms with van der Waals surface area (Å²) in [5, 5.41) is 2.88. The molecule has 0 aliphatic rings. The Morgan fingerprint density at radius 1 is 1.14 bits per heavy atom. The number of amides is 1. The molecule has 0 aromatic heterocycles. The van der Waals surface area contributed by atoms with Crippen molar-refractivity contribution in [1.29, 1.82) is 0 Å². The largest absolute Gasteiger partial charge is 0.497 e. The molecule has 110 valence electrons. The maximum atomic E-state index is 12.0. The van der Waals surface area contributed by atoms with Crippen molar-refractivity contribution in [1.82, 2.24) is 0 Å². The molecule has 0 saturated carbocycles. The second kappa shape index (κ2) is 7.18. The molecule has 21 heavy (non-hydrogen) atoms. The van der Waals surface area contributed by atoms with E-state index < -0.39 is 0 Å². The van der Waals surface area contributed by atoms with Crippen LogP contribution in [0.25, 0.3) is 0 Å². The molecule has 0 fully saturated rings. The van der Waals surface area contributed by atoms with Crippen LogP contribution >= 0.6 is 11.8 Å². The fourth-order valence-corrected chi connectivity index (χ4v) is 2.80. The normalized spacial score (nSPS) is 10.2. The summed E-state index contributed by atoms with van der Waals surface area (Å²) >= 11 is 1.56. The van der Waals surface area contributed by atoms with Crippen LogP contribution in [0.1, 0.15) is 11.1 Å². The van der Waals surface area contributed by atoms with Crippen LogP contribution in [0.5, 0.6) is 5.75 Å². The van der Waals surface area contributed by atoms with Gasteiger partial charge in [-0.1, -0.05) is 17.7 Å². The molecule has 1 amide bonds. The number of carbonyl (C=O) groups excluding carboxylic acids is 1. The van der Waals surface area contributed by atoms with Crippen LogP contribution in [0.2, 0.25) is 0 Å². The van der Waals surface area contributed by atoms with E-state index in [0.29, 0.717) is 5.75 Å². The predicted octanol–water partition coefficient (Wildman–Crippen LogP) is 4.04. The van der Waals surface area contributed by atoms with Crippen molar-refractivity contribution in [3.05, 3.63) is 53.6 Å². The first-order valence-electron chi connectivity index (χ1n) is 6.72. The average molecular weight is 301 g/mol. The molecular weight excluding hydrogens is 282 g/mol. The maximum Gasteiger partial charge on any atom is 0.234 e. The molecule has 0 unspecified atom stereocenters. The Kier molecular flexibility index (Phi) is 5.28. The number of ether oxygens (including phenoxy) is 1. The van der Waals surface area contributed by atoms with E-state index in [9.17, 15) is 4.79 Å². The number of benzene rings is 2. The second-order valence-corrected chi connectivity index (χ2v) is 5.85. The van der Waals surface area contributed by atoms with Crippen LogP contribution < -0.4 is 10.1 Å². The first-order valence-corrected chi connectivity index (χ1v) is 7.71. The molecule has 0 saturated heterocycles. The van der Waals surface area contributed by atoms with Gasteiger partial charge in [0.05, 0.1) is 12.9 Å². The first-order chi connectivity index (χ1) is 10.1. The topological polar surface area (TPSA) is 38.3 Å². The summed E-state index contributed by atoms with van der Waals surface area (Å²) in [5.41, 5.74) is 3.18. The lowest BCUT2D eigenvalue weighted by atomic mass is 10.2. The fourth-order valence-electron chi connectivity index (χ4n) is 1.88. The minimum atomic E-state index is -0.00827. The Bertz CT molecular complexity index is 623. The smallest absolute Gasteiger partial charge is 0.234 e. The van der Waals surface area contributed by atoms with Crippen LogP contribution in [0.4, 0.5) is 5.69 Å². The number of carbonyl (C=O) groups is 1. The minimum Gasteiger partial charge on any atom is -0.497 e. The van der Waals surface area contributed by atoms with Gasteiger partial charge in [-0.3, -0.25) is 4.79 Å². The Morgan fingerprint density at radius 2 is 1.86 bits per heavy atom. The van der Waals surface area contributed by atoms with E-state index in [0.717, 1.165) is 16.3 Å². The van der Waals surface area contributed by atoms with E-state index in [4.69, 9.17) is 4.74 Å². The zero-order valence-electron chi connectivity index (χ0n) is 12.5. The molecule has 0 aliphatic heterocycles. The summed E-state index contributed by atoms with van der Waals surface area (Å²) in [5.74, 6) is 1.17. The summed E-state index contributed by atoms with van der Waals surface area (Å²) in [4.78, 5) is 13.1. The van der Waals surface area contributed by atoms with E-state index >= 15 is 0 Å². The molecular formula is C17H19NO2S. The van der Waals surface area contributed by atoms with Crippen molar-refractivity contribution < 1.29 is 9.53 Å². The van der Waals surface area contributed by atoms with Gasteiger partial charge in [-0.15, -0.1) is 11.8 Å². The van der Waals surface area contributed by atoms with Crippen molar-refractivity contribution in [3.63, 3.8) is 0 Å². The SMILES string of the molecule is COc1ccc(NC(=O)CSc2cc(C)ccc2C)cc1. The molecule has 2 rings (SSSR count). The lowest BCUT2D eigenvalue weighted by molar-refractivity contribution is -0.113. The van der Waals surface area contributed by atoms with Gasteiger partial charge in [-0.25, -0.2) is 0 Å². The predicted molar refractivity (Wildman–Crippen MR) is 88.3 cm³/mol.